The highest BCUT2D eigenvalue weighted by atomic mass is 32.1. The largest absolute Gasteiger partial charge is 0.454 e. The second-order valence-electron chi connectivity index (χ2n) is 4.71. The van der Waals surface area contributed by atoms with E-state index in [-0.39, 0.29) is 18.5 Å². The summed E-state index contributed by atoms with van der Waals surface area (Å²) < 4.78 is 5.24. The lowest BCUT2D eigenvalue weighted by atomic mass is 10.2. The smallest absolute Gasteiger partial charge is 0.339 e. The molecular formula is C13H17N5O2S. The van der Waals surface area contributed by atoms with Gasteiger partial charge in [-0.25, -0.2) is 4.79 Å². The van der Waals surface area contributed by atoms with Gasteiger partial charge in [0.15, 0.2) is 12.4 Å². The Morgan fingerprint density at radius 3 is 2.62 bits per heavy atom. The SMILES string of the molecule is Cc1cc(C(=O)OCc2nc(N)nc(N(C)C)n2)c(C)s1. The monoisotopic (exact) mass is 307 g/mol. The van der Waals surface area contributed by atoms with E-state index in [1.54, 1.807) is 30.3 Å². The quantitative estimate of drug-likeness (QED) is 0.856. The fourth-order valence-corrected chi connectivity index (χ4v) is 2.64. The fraction of sp³-hybridized carbons (Fsp3) is 0.385. The van der Waals surface area contributed by atoms with Gasteiger partial charge in [0.2, 0.25) is 11.9 Å². The molecule has 0 aliphatic carbocycles. The van der Waals surface area contributed by atoms with Crippen LogP contribution in [0.15, 0.2) is 6.07 Å². The van der Waals surface area contributed by atoms with Crippen molar-refractivity contribution in [3.05, 3.63) is 27.2 Å². The lowest BCUT2D eigenvalue weighted by Crippen LogP contribution is -2.17. The zero-order chi connectivity index (χ0) is 15.6. The molecule has 0 saturated carbocycles. The molecule has 2 N–H and O–H groups in total. The van der Waals surface area contributed by atoms with Gasteiger partial charge in [0, 0.05) is 23.8 Å². The molecule has 2 rings (SSSR count). The third-order valence-corrected chi connectivity index (χ3v) is 3.65. The lowest BCUT2D eigenvalue weighted by molar-refractivity contribution is 0.0462. The summed E-state index contributed by atoms with van der Waals surface area (Å²) in [4.78, 5) is 27.8. The molecule has 21 heavy (non-hydrogen) atoms. The predicted octanol–water partition coefficient (Wildman–Crippen LogP) is 1.56. The van der Waals surface area contributed by atoms with Crippen molar-refractivity contribution in [1.29, 1.82) is 0 Å². The van der Waals surface area contributed by atoms with Crippen LogP contribution in [0, 0.1) is 13.8 Å². The van der Waals surface area contributed by atoms with E-state index in [0.717, 1.165) is 9.75 Å². The summed E-state index contributed by atoms with van der Waals surface area (Å²) in [7, 11) is 3.59. The van der Waals surface area contributed by atoms with Gasteiger partial charge in [0.05, 0.1) is 5.56 Å². The standard InChI is InChI=1S/C13H17N5O2S/c1-7-5-9(8(2)21-7)11(19)20-6-10-15-12(14)17-13(16-10)18(3)4/h5H,6H2,1-4H3,(H2,14,15,16,17). The molecule has 0 aliphatic heterocycles. The fourth-order valence-electron chi connectivity index (χ4n) is 1.73. The van der Waals surface area contributed by atoms with Crippen LogP contribution < -0.4 is 10.6 Å². The van der Waals surface area contributed by atoms with E-state index in [2.05, 4.69) is 15.0 Å². The molecule has 2 aromatic heterocycles. The number of nitrogen functional groups attached to an aromatic ring is 1. The first-order chi connectivity index (χ1) is 9.86. The van der Waals surface area contributed by atoms with E-state index in [1.165, 1.54) is 0 Å². The number of thiophene rings is 1. The van der Waals surface area contributed by atoms with Crippen LogP contribution >= 0.6 is 11.3 Å². The lowest BCUT2D eigenvalue weighted by Gasteiger charge is -2.11. The van der Waals surface area contributed by atoms with Gasteiger partial charge >= 0.3 is 5.97 Å². The molecule has 112 valence electrons. The summed E-state index contributed by atoms with van der Waals surface area (Å²) in [5, 5.41) is 0. The number of carbonyl (C=O) groups excluding carboxylic acids is 1. The van der Waals surface area contributed by atoms with E-state index in [0.29, 0.717) is 17.3 Å². The minimum absolute atomic E-state index is 0.0409. The number of carbonyl (C=O) groups is 1. The van der Waals surface area contributed by atoms with E-state index < -0.39 is 0 Å². The normalized spacial score (nSPS) is 10.5. The van der Waals surface area contributed by atoms with Gasteiger partial charge in [-0.2, -0.15) is 15.0 Å². The second kappa shape index (κ2) is 6.04. The molecule has 2 aromatic rings. The van der Waals surface area contributed by atoms with Crippen LogP contribution in [-0.2, 0) is 11.3 Å². The van der Waals surface area contributed by atoms with Crippen molar-refractivity contribution in [2.75, 3.05) is 24.7 Å². The van der Waals surface area contributed by atoms with Crippen molar-refractivity contribution in [2.24, 2.45) is 0 Å². The zero-order valence-corrected chi connectivity index (χ0v) is 13.2. The van der Waals surface area contributed by atoms with Gasteiger partial charge in [-0.05, 0) is 19.9 Å². The Balaban J connectivity index is 2.09. The number of aryl methyl sites for hydroxylation is 2. The van der Waals surface area contributed by atoms with Crippen LogP contribution in [0.4, 0.5) is 11.9 Å². The molecule has 2 heterocycles. The van der Waals surface area contributed by atoms with Gasteiger partial charge < -0.3 is 15.4 Å². The summed E-state index contributed by atoms with van der Waals surface area (Å²) in [5.74, 6) is 0.463. The summed E-state index contributed by atoms with van der Waals surface area (Å²) in [5.41, 5.74) is 6.19. The van der Waals surface area contributed by atoms with E-state index >= 15 is 0 Å². The summed E-state index contributed by atoms with van der Waals surface area (Å²) in [6, 6.07) is 1.81. The molecule has 0 spiro atoms. The van der Waals surface area contributed by atoms with Crippen LogP contribution in [0.2, 0.25) is 0 Å². The first kappa shape index (κ1) is 15.2. The van der Waals surface area contributed by atoms with Crippen molar-refractivity contribution in [2.45, 2.75) is 20.5 Å². The van der Waals surface area contributed by atoms with E-state index in [1.807, 2.05) is 19.9 Å². The maximum Gasteiger partial charge on any atom is 0.339 e. The number of rotatable bonds is 4. The molecule has 0 unspecified atom stereocenters. The Morgan fingerprint density at radius 2 is 2.05 bits per heavy atom. The molecule has 0 fully saturated rings. The van der Waals surface area contributed by atoms with Crippen LogP contribution in [-0.4, -0.2) is 35.0 Å². The Hall–Kier alpha value is -2.22. The topological polar surface area (TPSA) is 94.2 Å². The Kier molecular flexibility index (Phi) is 4.37. The second-order valence-corrected chi connectivity index (χ2v) is 6.17. The Labute approximate surface area is 126 Å². The molecule has 8 heteroatoms. The maximum absolute atomic E-state index is 12.0. The highest BCUT2D eigenvalue weighted by Crippen LogP contribution is 2.21. The van der Waals surface area contributed by atoms with Crippen molar-refractivity contribution >= 4 is 29.2 Å². The molecular weight excluding hydrogens is 290 g/mol. The average molecular weight is 307 g/mol. The highest BCUT2D eigenvalue weighted by molar-refractivity contribution is 7.12. The van der Waals surface area contributed by atoms with Crippen molar-refractivity contribution in [1.82, 2.24) is 15.0 Å². The first-order valence-electron chi connectivity index (χ1n) is 6.28. The summed E-state index contributed by atoms with van der Waals surface area (Å²) in [6.07, 6.45) is 0. The van der Waals surface area contributed by atoms with Gasteiger partial charge in [-0.1, -0.05) is 0 Å². The molecule has 0 atom stereocenters. The highest BCUT2D eigenvalue weighted by Gasteiger charge is 2.15. The third-order valence-electron chi connectivity index (χ3n) is 2.68. The molecule has 0 aliphatic rings. The minimum atomic E-state index is -0.387. The number of aromatic nitrogens is 3. The molecule has 0 bridgehead atoms. The molecule has 0 radical (unpaired) electrons. The van der Waals surface area contributed by atoms with Gasteiger partial charge in [-0.15, -0.1) is 11.3 Å². The third kappa shape index (κ3) is 3.66. The van der Waals surface area contributed by atoms with Crippen molar-refractivity contribution in [3.8, 4) is 0 Å². The summed E-state index contributed by atoms with van der Waals surface area (Å²) in [6.45, 7) is 3.80. The number of hydrogen-bond donors (Lipinski definition) is 1. The van der Waals surface area contributed by atoms with Crippen LogP contribution in [0.25, 0.3) is 0 Å². The number of anilines is 2. The summed E-state index contributed by atoms with van der Waals surface area (Å²) >= 11 is 1.56. The van der Waals surface area contributed by atoms with E-state index in [4.69, 9.17) is 10.5 Å². The Morgan fingerprint density at radius 1 is 1.33 bits per heavy atom. The molecule has 0 amide bonds. The number of esters is 1. The van der Waals surface area contributed by atoms with Gasteiger partial charge in [0.25, 0.3) is 0 Å². The van der Waals surface area contributed by atoms with Crippen molar-refractivity contribution < 1.29 is 9.53 Å². The number of hydrogen-bond acceptors (Lipinski definition) is 8. The average Bonchev–Trinajstić information content (AvgIpc) is 2.74. The van der Waals surface area contributed by atoms with Crippen LogP contribution in [0.1, 0.15) is 25.9 Å². The minimum Gasteiger partial charge on any atom is -0.454 e. The number of ether oxygens (including phenoxy) is 1. The maximum atomic E-state index is 12.0. The molecule has 7 nitrogen and oxygen atoms in total. The van der Waals surface area contributed by atoms with Gasteiger partial charge in [-0.3, -0.25) is 0 Å². The molecule has 0 saturated heterocycles. The first-order valence-corrected chi connectivity index (χ1v) is 7.10. The van der Waals surface area contributed by atoms with Gasteiger partial charge in [0.1, 0.15) is 0 Å². The number of nitrogens with zero attached hydrogens (tertiary/aromatic N) is 4. The Bertz CT molecular complexity index is 669. The number of nitrogens with two attached hydrogens (primary N) is 1. The predicted molar refractivity (Wildman–Crippen MR) is 81.5 cm³/mol. The van der Waals surface area contributed by atoms with E-state index in [9.17, 15) is 4.79 Å². The van der Waals surface area contributed by atoms with Crippen LogP contribution in [0.3, 0.4) is 0 Å². The van der Waals surface area contributed by atoms with Crippen molar-refractivity contribution in [3.63, 3.8) is 0 Å². The molecule has 0 aromatic carbocycles. The van der Waals surface area contributed by atoms with Crippen LogP contribution in [0.5, 0.6) is 0 Å². The zero-order valence-electron chi connectivity index (χ0n) is 12.4.